The summed E-state index contributed by atoms with van der Waals surface area (Å²) in [4.78, 5) is 13.0. The molecule has 0 saturated heterocycles. The molecule has 164 valence electrons. The van der Waals surface area contributed by atoms with Gasteiger partial charge >= 0.3 is 0 Å². The first-order valence-corrected chi connectivity index (χ1v) is 9.89. The molecule has 0 amide bonds. The standard InChI is InChI=1S/C25H22O7/c1-3-15(14-9-10-16(26)18(11-14)31-2)20-17(27)12-19-21(22(20)28)23(29)24(30)25(32-19)13-7-5-4-6-8-13/h3-12,15,24-28,30H,1H2,2H3. The first-order chi connectivity index (χ1) is 15.4. The normalized spacial score (nSPS) is 18.4. The largest absolute Gasteiger partial charge is 0.507 e. The van der Waals surface area contributed by atoms with E-state index < -0.39 is 29.7 Å². The number of carbonyl (C=O) groups is 1. The van der Waals surface area contributed by atoms with Gasteiger partial charge in [-0.05, 0) is 23.3 Å². The lowest BCUT2D eigenvalue weighted by molar-refractivity contribution is 0.0210. The highest BCUT2D eigenvalue weighted by molar-refractivity contribution is 6.06. The molecule has 4 rings (SSSR count). The summed E-state index contributed by atoms with van der Waals surface area (Å²) in [7, 11) is 1.40. The monoisotopic (exact) mass is 434 g/mol. The lowest BCUT2D eigenvalue weighted by Gasteiger charge is -2.31. The highest BCUT2D eigenvalue weighted by atomic mass is 16.5. The Morgan fingerprint density at radius 3 is 2.44 bits per heavy atom. The Balaban J connectivity index is 1.82. The molecule has 7 nitrogen and oxygen atoms in total. The third-order valence-electron chi connectivity index (χ3n) is 5.58. The van der Waals surface area contributed by atoms with Gasteiger partial charge in [-0.2, -0.15) is 0 Å². The second-order valence-corrected chi connectivity index (χ2v) is 7.43. The number of phenolic OH excluding ortho intramolecular Hbond substituents is 3. The number of aliphatic hydroxyl groups excluding tert-OH is 1. The number of aromatic hydroxyl groups is 3. The summed E-state index contributed by atoms with van der Waals surface area (Å²) >= 11 is 0. The summed E-state index contributed by atoms with van der Waals surface area (Å²) in [5.74, 6) is -2.18. The van der Waals surface area contributed by atoms with Crippen LogP contribution in [-0.4, -0.2) is 39.4 Å². The van der Waals surface area contributed by atoms with E-state index in [-0.39, 0.29) is 34.1 Å². The van der Waals surface area contributed by atoms with Gasteiger partial charge in [-0.3, -0.25) is 4.79 Å². The van der Waals surface area contributed by atoms with Gasteiger partial charge < -0.3 is 29.9 Å². The van der Waals surface area contributed by atoms with E-state index in [0.717, 1.165) is 0 Å². The van der Waals surface area contributed by atoms with Crippen molar-refractivity contribution in [3.8, 4) is 28.7 Å². The number of ketones is 1. The average Bonchev–Trinajstić information content (AvgIpc) is 2.79. The molecule has 3 atom stereocenters. The van der Waals surface area contributed by atoms with Gasteiger partial charge in [0.25, 0.3) is 0 Å². The summed E-state index contributed by atoms with van der Waals surface area (Å²) in [6.45, 7) is 3.78. The van der Waals surface area contributed by atoms with Crippen LogP contribution in [0.5, 0.6) is 28.7 Å². The van der Waals surface area contributed by atoms with Gasteiger partial charge in [-0.15, -0.1) is 6.58 Å². The number of phenols is 3. The van der Waals surface area contributed by atoms with Crippen molar-refractivity contribution in [1.29, 1.82) is 0 Å². The molecule has 0 bridgehead atoms. The first-order valence-electron chi connectivity index (χ1n) is 9.89. The van der Waals surface area contributed by atoms with Gasteiger partial charge in [0.15, 0.2) is 23.7 Å². The number of aliphatic hydroxyl groups is 1. The van der Waals surface area contributed by atoms with Gasteiger partial charge in [0.05, 0.1) is 7.11 Å². The predicted molar refractivity (Wildman–Crippen MR) is 117 cm³/mol. The smallest absolute Gasteiger partial charge is 0.202 e. The number of methoxy groups -OCH3 is 1. The van der Waals surface area contributed by atoms with Crippen LogP contribution < -0.4 is 9.47 Å². The third-order valence-corrected chi connectivity index (χ3v) is 5.58. The van der Waals surface area contributed by atoms with Crippen molar-refractivity contribution in [3.63, 3.8) is 0 Å². The van der Waals surface area contributed by atoms with Crippen molar-refractivity contribution in [2.75, 3.05) is 7.11 Å². The summed E-state index contributed by atoms with van der Waals surface area (Å²) in [5.41, 5.74) is 0.943. The van der Waals surface area contributed by atoms with E-state index >= 15 is 0 Å². The number of ether oxygens (including phenoxy) is 2. The predicted octanol–water partition coefficient (Wildman–Crippen LogP) is 3.81. The van der Waals surface area contributed by atoms with Gasteiger partial charge in [0.1, 0.15) is 22.8 Å². The highest BCUT2D eigenvalue weighted by Gasteiger charge is 2.40. The van der Waals surface area contributed by atoms with Crippen LogP contribution in [0.4, 0.5) is 0 Å². The molecule has 1 heterocycles. The number of Topliss-reactive ketones (excluding diaryl/α,β-unsaturated/α-hetero) is 1. The molecule has 32 heavy (non-hydrogen) atoms. The lowest BCUT2D eigenvalue weighted by Crippen LogP contribution is -2.36. The summed E-state index contributed by atoms with van der Waals surface area (Å²) < 4.78 is 11.0. The molecular formula is C25H22O7. The third kappa shape index (κ3) is 3.42. The van der Waals surface area contributed by atoms with Crippen molar-refractivity contribution in [2.45, 2.75) is 18.1 Å². The van der Waals surface area contributed by atoms with E-state index in [9.17, 15) is 25.2 Å². The molecule has 0 spiro atoms. The zero-order valence-electron chi connectivity index (χ0n) is 17.2. The number of rotatable bonds is 5. The molecule has 0 saturated carbocycles. The summed E-state index contributed by atoms with van der Waals surface area (Å²) in [6, 6.07) is 14.5. The zero-order valence-corrected chi connectivity index (χ0v) is 17.2. The van der Waals surface area contributed by atoms with Crippen LogP contribution in [0.2, 0.25) is 0 Å². The number of fused-ring (bicyclic) bond motifs is 1. The molecule has 0 aromatic heterocycles. The molecule has 0 fully saturated rings. The fourth-order valence-corrected chi connectivity index (χ4v) is 3.97. The Kier molecular flexibility index (Phi) is 5.50. The molecule has 0 radical (unpaired) electrons. The van der Waals surface area contributed by atoms with Crippen LogP contribution in [0.25, 0.3) is 0 Å². The number of allylic oxidation sites excluding steroid dienone is 1. The molecule has 1 aliphatic rings. The molecule has 1 aliphatic heterocycles. The number of hydrogen-bond acceptors (Lipinski definition) is 7. The van der Waals surface area contributed by atoms with Crippen molar-refractivity contribution in [2.24, 2.45) is 0 Å². The molecule has 4 N–H and O–H groups in total. The van der Waals surface area contributed by atoms with E-state index in [0.29, 0.717) is 11.1 Å². The van der Waals surface area contributed by atoms with Crippen LogP contribution in [0.3, 0.4) is 0 Å². The molecule has 3 aromatic carbocycles. The van der Waals surface area contributed by atoms with E-state index in [1.54, 1.807) is 42.5 Å². The number of hydrogen-bond donors (Lipinski definition) is 4. The minimum Gasteiger partial charge on any atom is -0.507 e. The fraction of sp³-hybridized carbons (Fsp3) is 0.160. The van der Waals surface area contributed by atoms with E-state index in [4.69, 9.17) is 9.47 Å². The number of benzene rings is 3. The Morgan fingerprint density at radius 2 is 1.78 bits per heavy atom. The summed E-state index contributed by atoms with van der Waals surface area (Å²) in [5, 5.41) is 42.3. The molecule has 3 unspecified atom stereocenters. The second-order valence-electron chi connectivity index (χ2n) is 7.43. The fourth-order valence-electron chi connectivity index (χ4n) is 3.97. The van der Waals surface area contributed by atoms with Gasteiger partial charge in [-0.25, -0.2) is 0 Å². The topological polar surface area (TPSA) is 116 Å². The molecule has 0 aliphatic carbocycles. The van der Waals surface area contributed by atoms with Crippen LogP contribution in [-0.2, 0) is 0 Å². The lowest BCUT2D eigenvalue weighted by atomic mass is 9.85. The van der Waals surface area contributed by atoms with Crippen molar-refractivity contribution in [3.05, 3.63) is 89.5 Å². The number of carbonyl (C=O) groups excluding carboxylic acids is 1. The van der Waals surface area contributed by atoms with Crippen LogP contribution in [0.1, 0.15) is 39.1 Å². The minimum atomic E-state index is -1.54. The molecule has 7 heteroatoms. The SMILES string of the molecule is C=CC(c1ccc(O)c(OC)c1)c1c(O)cc2c(c1O)C(=O)C(O)C(c1ccccc1)O2. The quantitative estimate of drug-likeness (QED) is 0.451. The van der Waals surface area contributed by atoms with E-state index in [1.807, 2.05) is 0 Å². The van der Waals surface area contributed by atoms with Gasteiger partial charge in [0, 0.05) is 17.5 Å². The van der Waals surface area contributed by atoms with Crippen LogP contribution in [0, 0.1) is 0 Å². The Morgan fingerprint density at radius 1 is 1.06 bits per heavy atom. The maximum absolute atomic E-state index is 13.0. The molecular weight excluding hydrogens is 412 g/mol. The Hall–Kier alpha value is -3.97. The van der Waals surface area contributed by atoms with Crippen LogP contribution >= 0.6 is 0 Å². The van der Waals surface area contributed by atoms with Crippen LogP contribution in [0.15, 0.2) is 67.3 Å². The summed E-state index contributed by atoms with van der Waals surface area (Å²) in [6.07, 6.45) is -1.04. The van der Waals surface area contributed by atoms with Crippen molar-refractivity contribution in [1.82, 2.24) is 0 Å². The highest BCUT2D eigenvalue weighted by Crippen LogP contribution is 2.49. The van der Waals surface area contributed by atoms with Crippen molar-refractivity contribution < 1.29 is 34.7 Å². The Labute approximate surface area is 184 Å². The second kappa shape index (κ2) is 8.28. The average molecular weight is 434 g/mol. The molecule has 3 aromatic rings. The minimum absolute atomic E-state index is 0.0220. The van der Waals surface area contributed by atoms with E-state index in [1.165, 1.54) is 25.3 Å². The van der Waals surface area contributed by atoms with E-state index in [2.05, 4.69) is 6.58 Å². The van der Waals surface area contributed by atoms with Crippen molar-refractivity contribution >= 4 is 5.78 Å². The zero-order chi connectivity index (χ0) is 23.0. The first kappa shape index (κ1) is 21.3. The maximum atomic E-state index is 13.0. The van der Waals surface area contributed by atoms with Gasteiger partial charge in [-0.1, -0.05) is 42.5 Å². The maximum Gasteiger partial charge on any atom is 0.202 e. The van der Waals surface area contributed by atoms with Gasteiger partial charge in [0.2, 0.25) is 5.78 Å². The Bertz CT molecular complexity index is 1190.